The summed E-state index contributed by atoms with van der Waals surface area (Å²) in [6.07, 6.45) is 78.4. The van der Waals surface area contributed by atoms with Crippen molar-refractivity contribution in [1.29, 1.82) is 0 Å². The highest BCUT2D eigenvalue weighted by atomic mass is 16.6. The number of hydrogen-bond acceptors (Lipinski definition) is 6. The number of ether oxygens (including phenoxy) is 3. The quantitative estimate of drug-likeness (QED) is 0.0261. The van der Waals surface area contributed by atoms with Crippen LogP contribution < -0.4 is 0 Å². The van der Waals surface area contributed by atoms with Gasteiger partial charge in [0.1, 0.15) is 13.2 Å². The molecule has 0 saturated carbocycles. The van der Waals surface area contributed by atoms with Crippen LogP contribution in [-0.4, -0.2) is 37.2 Å². The average molecular weight is 1070 g/mol. The molecule has 0 saturated heterocycles. The van der Waals surface area contributed by atoms with Crippen molar-refractivity contribution >= 4 is 17.9 Å². The minimum absolute atomic E-state index is 0.0639. The molecule has 0 heterocycles. The van der Waals surface area contributed by atoms with Gasteiger partial charge in [-0.25, -0.2) is 0 Å². The van der Waals surface area contributed by atoms with Gasteiger partial charge in [-0.05, 0) is 44.9 Å². The lowest BCUT2D eigenvalue weighted by molar-refractivity contribution is -0.167. The van der Waals surface area contributed by atoms with E-state index in [1.807, 2.05) is 0 Å². The summed E-state index contributed by atoms with van der Waals surface area (Å²) in [5.41, 5.74) is 0. The lowest BCUT2D eigenvalue weighted by Crippen LogP contribution is -2.30. The molecule has 0 aromatic rings. The highest BCUT2D eigenvalue weighted by Crippen LogP contribution is 2.19. The van der Waals surface area contributed by atoms with Crippen molar-refractivity contribution < 1.29 is 28.6 Å². The van der Waals surface area contributed by atoms with Crippen LogP contribution in [0.25, 0.3) is 0 Å². The van der Waals surface area contributed by atoms with Gasteiger partial charge in [0.15, 0.2) is 6.10 Å². The van der Waals surface area contributed by atoms with E-state index in [1.165, 1.54) is 302 Å². The van der Waals surface area contributed by atoms with E-state index in [9.17, 15) is 14.4 Å². The van der Waals surface area contributed by atoms with Gasteiger partial charge < -0.3 is 14.2 Å². The Labute approximate surface area is 475 Å². The van der Waals surface area contributed by atoms with E-state index < -0.39 is 6.10 Å². The molecule has 0 aromatic carbocycles. The molecule has 0 rings (SSSR count). The van der Waals surface area contributed by atoms with Crippen molar-refractivity contribution in [2.24, 2.45) is 0 Å². The standard InChI is InChI=1S/C70H134O6/c1-4-7-10-13-16-19-21-23-25-27-29-31-33-34-35-36-38-39-41-43-45-47-49-51-54-57-60-63-69(72)75-66-67(65-74-68(71)62-59-56-53-18-15-12-9-6-3)76-70(73)64-61-58-55-52-50-48-46-44-42-40-37-32-30-28-26-24-22-20-17-14-11-8-5-2/h28,30,67H,4-27,29,31-66H2,1-3H3/b30-28-. The highest BCUT2D eigenvalue weighted by molar-refractivity contribution is 5.71. The number of esters is 3. The summed E-state index contributed by atoms with van der Waals surface area (Å²) < 4.78 is 16.9. The Hall–Kier alpha value is -1.85. The SMILES string of the molecule is CCCCCCCCCC/C=C\CCCCCCCCCCCCCC(=O)OC(COC(=O)CCCCCCCCCC)COC(=O)CCCCCCCCCCCCCCCCCCCCCCCCCCCCC. The smallest absolute Gasteiger partial charge is 0.306 e. The van der Waals surface area contributed by atoms with E-state index in [1.54, 1.807) is 0 Å². The summed E-state index contributed by atoms with van der Waals surface area (Å²) in [6, 6.07) is 0. The first-order valence-electron chi connectivity index (χ1n) is 34.7. The second-order valence-corrected chi connectivity index (χ2v) is 23.8. The highest BCUT2D eigenvalue weighted by Gasteiger charge is 2.19. The molecule has 0 aliphatic carbocycles. The second-order valence-electron chi connectivity index (χ2n) is 23.8. The molecular formula is C70H134O6. The van der Waals surface area contributed by atoms with Crippen molar-refractivity contribution in [3.63, 3.8) is 0 Å². The Balaban J connectivity index is 4.05. The van der Waals surface area contributed by atoms with Crippen LogP contribution in [-0.2, 0) is 28.6 Å². The molecule has 0 spiro atoms. The van der Waals surface area contributed by atoms with E-state index >= 15 is 0 Å². The Morgan fingerprint density at radius 1 is 0.250 bits per heavy atom. The molecular weight excluding hydrogens is 937 g/mol. The number of rotatable bonds is 65. The number of unbranched alkanes of at least 4 members (excludes halogenated alkanes) is 52. The number of carbonyl (C=O) groups is 3. The first-order valence-corrected chi connectivity index (χ1v) is 34.7. The van der Waals surface area contributed by atoms with Crippen LogP contribution in [0.1, 0.15) is 400 Å². The van der Waals surface area contributed by atoms with Crippen LogP contribution in [0.5, 0.6) is 0 Å². The third kappa shape index (κ3) is 63.0. The van der Waals surface area contributed by atoms with Crippen molar-refractivity contribution in [1.82, 2.24) is 0 Å². The molecule has 1 atom stereocenters. The average Bonchev–Trinajstić information content (AvgIpc) is 3.42. The molecule has 6 heteroatoms. The minimum Gasteiger partial charge on any atom is -0.462 e. The largest absolute Gasteiger partial charge is 0.462 e. The molecule has 76 heavy (non-hydrogen) atoms. The summed E-state index contributed by atoms with van der Waals surface area (Å²) in [7, 11) is 0. The van der Waals surface area contributed by atoms with Gasteiger partial charge >= 0.3 is 17.9 Å². The van der Waals surface area contributed by atoms with Crippen molar-refractivity contribution in [3.8, 4) is 0 Å². The molecule has 6 nitrogen and oxygen atoms in total. The van der Waals surface area contributed by atoms with Crippen LogP contribution in [0.2, 0.25) is 0 Å². The zero-order valence-corrected chi connectivity index (χ0v) is 51.8. The molecule has 0 aliphatic rings. The fraction of sp³-hybridized carbons (Fsp3) is 0.929. The van der Waals surface area contributed by atoms with Crippen molar-refractivity contribution in [3.05, 3.63) is 12.2 Å². The van der Waals surface area contributed by atoms with Gasteiger partial charge in [0.05, 0.1) is 0 Å². The fourth-order valence-corrected chi connectivity index (χ4v) is 10.8. The summed E-state index contributed by atoms with van der Waals surface area (Å²) >= 11 is 0. The first kappa shape index (κ1) is 74.2. The van der Waals surface area contributed by atoms with Crippen molar-refractivity contribution in [2.75, 3.05) is 13.2 Å². The first-order chi connectivity index (χ1) is 37.5. The molecule has 0 bridgehead atoms. The number of carbonyl (C=O) groups excluding carboxylic acids is 3. The van der Waals surface area contributed by atoms with Crippen LogP contribution in [0.15, 0.2) is 12.2 Å². The monoisotopic (exact) mass is 1070 g/mol. The van der Waals surface area contributed by atoms with Gasteiger partial charge in [-0.15, -0.1) is 0 Å². The molecule has 0 aromatic heterocycles. The van der Waals surface area contributed by atoms with Gasteiger partial charge in [-0.1, -0.05) is 348 Å². The van der Waals surface area contributed by atoms with E-state index in [4.69, 9.17) is 14.2 Å². The topological polar surface area (TPSA) is 78.9 Å². The third-order valence-electron chi connectivity index (χ3n) is 16.0. The van der Waals surface area contributed by atoms with E-state index in [-0.39, 0.29) is 31.1 Å². The second kappa shape index (κ2) is 65.7. The summed E-state index contributed by atoms with van der Waals surface area (Å²) in [4.78, 5) is 38.2. The van der Waals surface area contributed by atoms with Crippen LogP contribution in [0.4, 0.5) is 0 Å². The predicted octanol–water partition coefficient (Wildman–Crippen LogP) is 23.6. The molecule has 1 unspecified atom stereocenters. The Morgan fingerprint density at radius 3 is 0.658 bits per heavy atom. The van der Waals surface area contributed by atoms with Gasteiger partial charge in [-0.2, -0.15) is 0 Å². The van der Waals surface area contributed by atoms with Crippen molar-refractivity contribution in [2.45, 2.75) is 406 Å². The van der Waals surface area contributed by atoms with Crippen LogP contribution >= 0.6 is 0 Å². The van der Waals surface area contributed by atoms with E-state index in [0.29, 0.717) is 19.3 Å². The number of hydrogen-bond donors (Lipinski definition) is 0. The number of allylic oxidation sites excluding steroid dienone is 2. The zero-order valence-electron chi connectivity index (χ0n) is 51.8. The maximum atomic E-state index is 12.9. The maximum Gasteiger partial charge on any atom is 0.306 e. The Bertz CT molecular complexity index is 1180. The van der Waals surface area contributed by atoms with Crippen LogP contribution in [0.3, 0.4) is 0 Å². The molecule has 0 fully saturated rings. The van der Waals surface area contributed by atoms with E-state index in [0.717, 1.165) is 57.8 Å². The predicted molar refractivity (Wildman–Crippen MR) is 330 cm³/mol. The third-order valence-corrected chi connectivity index (χ3v) is 16.0. The van der Waals surface area contributed by atoms with Gasteiger partial charge in [0, 0.05) is 19.3 Å². The molecule has 0 N–H and O–H groups in total. The van der Waals surface area contributed by atoms with Gasteiger partial charge in [-0.3, -0.25) is 14.4 Å². The molecule has 450 valence electrons. The van der Waals surface area contributed by atoms with Gasteiger partial charge in [0.25, 0.3) is 0 Å². The minimum atomic E-state index is -0.765. The summed E-state index contributed by atoms with van der Waals surface area (Å²) in [5, 5.41) is 0. The maximum absolute atomic E-state index is 12.9. The van der Waals surface area contributed by atoms with Gasteiger partial charge in [0.2, 0.25) is 0 Å². The molecule has 0 amide bonds. The lowest BCUT2D eigenvalue weighted by atomic mass is 10.0. The van der Waals surface area contributed by atoms with Crippen LogP contribution in [0, 0.1) is 0 Å². The zero-order chi connectivity index (χ0) is 55.0. The Kier molecular flexibility index (Phi) is 64.1. The Morgan fingerprint density at radius 2 is 0.434 bits per heavy atom. The molecule has 0 aliphatic heterocycles. The lowest BCUT2D eigenvalue weighted by Gasteiger charge is -2.18. The normalized spacial score (nSPS) is 12.0. The van der Waals surface area contributed by atoms with E-state index in [2.05, 4.69) is 32.9 Å². The molecule has 0 radical (unpaired) electrons. The summed E-state index contributed by atoms with van der Waals surface area (Å²) in [6.45, 7) is 6.69. The fourth-order valence-electron chi connectivity index (χ4n) is 10.8. The summed E-state index contributed by atoms with van der Waals surface area (Å²) in [5.74, 6) is -0.839.